The second-order valence-corrected chi connectivity index (χ2v) is 8.11. The molecule has 1 unspecified atom stereocenters. The molecule has 1 atom stereocenters. The molecule has 1 aromatic heterocycles. The lowest BCUT2D eigenvalue weighted by molar-refractivity contribution is -0.125. The summed E-state index contributed by atoms with van der Waals surface area (Å²) in [7, 11) is 0. The lowest BCUT2D eigenvalue weighted by atomic mass is 10.1. The van der Waals surface area contributed by atoms with Gasteiger partial charge in [-0.05, 0) is 63.4 Å². The predicted molar refractivity (Wildman–Crippen MR) is 109 cm³/mol. The molecule has 0 saturated carbocycles. The first-order valence-electron chi connectivity index (χ1n) is 9.86. The first-order chi connectivity index (χ1) is 14.2. The molecular weight excluding hydrogens is 389 g/mol. The molecule has 1 saturated heterocycles. The van der Waals surface area contributed by atoms with Crippen molar-refractivity contribution in [1.29, 1.82) is 0 Å². The van der Waals surface area contributed by atoms with E-state index in [0.29, 0.717) is 24.3 Å². The lowest BCUT2D eigenvalue weighted by Crippen LogP contribution is -2.47. The van der Waals surface area contributed by atoms with E-state index in [9.17, 15) is 14.0 Å². The summed E-state index contributed by atoms with van der Waals surface area (Å²) in [5.74, 6) is -0.317. The van der Waals surface area contributed by atoms with Crippen molar-refractivity contribution in [2.24, 2.45) is 0 Å². The molecule has 0 radical (unpaired) electrons. The SMILES string of the molecule is CC(C)(C)OC(=O)N1CCCC1C(=O)NCc1ccc(Oc2cccnc2)c(F)c1. The zero-order valence-electron chi connectivity index (χ0n) is 17.4. The Morgan fingerprint density at radius 1 is 1.30 bits per heavy atom. The van der Waals surface area contributed by atoms with Gasteiger partial charge in [0.05, 0.1) is 6.20 Å². The van der Waals surface area contributed by atoms with Gasteiger partial charge in [0, 0.05) is 19.3 Å². The molecule has 1 fully saturated rings. The molecule has 30 heavy (non-hydrogen) atoms. The number of rotatable bonds is 5. The highest BCUT2D eigenvalue weighted by molar-refractivity contribution is 5.86. The Morgan fingerprint density at radius 2 is 2.10 bits per heavy atom. The maximum Gasteiger partial charge on any atom is 0.410 e. The number of benzene rings is 1. The summed E-state index contributed by atoms with van der Waals surface area (Å²) in [6.07, 6.45) is 3.89. The molecule has 0 bridgehead atoms. The van der Waals surface area contributed by atoms with Crippen LogP contribution in [0.15, 0.2) is 42.7 Å². The highest BCUT2D eigenvalue weighted by atomic mass is 19.1. The monoisotopic (exact) mass is 415 g/mol. The van der Waals surface area contributed by atoms with Crippen molar-refractivity contribution in [1.82, 2.24) is 15.2 Å². The number of nitrogens with zero attached hydrogens (tertiary/aromatic N) is 2. The minimum atomic E-state index is -0.627. The van der Waals surface area contributed by atoms with Crippen molar-refractivity contribution < 1.29 is 23.5 Å². The van der Waals surface area contributed by atoms with Crippen molar-refractivity contribution in [3.05, 3.63) is 54.1 Å². The van der Waals surface area contributed by atoms with Gasteiger partial charge in [0.1, 0.15) is 17.4 Å². The van der Waals surface area contributed by atoms with Crippen LogP contribution in [0.1, 0.15) is 39.2 Å². The number of pyridine rings is 1. The maximum atomic E-state index is 14.4. The van der Waals surface area contributed by atoms with E-state index in [1.165, 1.54) is 23.2 Å². The molecule has 2 amide bonds. The Morgan fingerprint density at radius 3 is 2.77 bits per heavy atom. The molecule has 0 aliphatic carbocycles. The molecule has 160 valence electrons. The summed E-state index contributed by atoms with van der Waals surface area (Å²) in [5.41, 5.74) is -0.0427. The van der Waals surface area contributed by atoms with Crippen LogP contribution in [0.3, 0.4) is 0 Å². The van der Waals surface area contributed by atoms with Gasteiger partial charge >= 0.3 is 6.09 Å². The number of halogens is 1. The fourth-order valence-electron chi connectivity index (χ4n) is 3.16. The zero-order chi connectivity index (χ0) is 21.7. The van der Waals surface area contributed by atoms with Gasteiger partial charge in [-0.25, -0.2) is 9.18 Å². The number of likely N-dealkylation sites (tertiary alicyclic amines) is 1. The van der Waals surface area contributed by atoms with Crippen molar-refractivity contribution >= 4 is 12.0 Å². The van der Waals surface area contributed by atoms with Gasteiger partial charge in [-0.1, -0.05) is 6.07 Å². The van der Waals surface area contributed by atoms with Gasteiger partial charge < -0.3 is 14.8 Å². The lowest BCUT2D eigenvalue weighted by Gasteiger charge is -2.28. The zero-order valence-corrected chi connectivity index (χ0v) is 17.4. The molecular formula is C22H26FN3O4. The van der Waals surface area contributed by atoms with Crippen LogP contribution in [0.4, 0.5) is 9.18 Å². The van der Waals surface area contributed by atoms with Crippen LogP contribution >= 0.6 is 0 Å². The second-order valence-electron chi connectivity index (χ2n) is 8.11. The Bertz CT molecular complexity index is 899. The third-order valence-corrected chi connectivity index (χ3v) is 4.51. The number of carbonyl (C=O) groups excluding carboxylic acids is 2. The van der Waals surface area contributed by atoms with Crippen LogP contribution in [-0.2, 0) is 16.1 Å². The van der Waals surface area contributed by atoms with Crippen LogP contribution in [0.2, 0.25) is 0 Å². The average Bonchev–Trinajstić information content (AvgIpc) is 3.18. The number of nitrogens with one attached hydrogen (secondary N) is 1. The largest absolute Gasteiger partial charge is 0.453 e. The molecule has 2 heterocycles. The number of hydrogen-bond acceptors (Lipinski definition) is 5. The molecule has 0 spiro atoms. The van der Waals surface area contributed by atoms with E-state index < -0.39 is 23.6 Å². The number of hydrogen-bond donors (Lipinski definition) is 1. The number of aromatic nitrogens is 1. The Hall–Kier alpha value is -3.16. The van der Waals surface area contributed by atoms with Crippen molar-refractivity contribution in [2.75, 3.05) is 6.54 Å². The van der Waals surface area contributed by atoms with Gasteiger partial charge in [0.25, 0.3) is 0 Å². The van der Waals surface area contributed by atoms with E-state index in [1.807, 2.05) is 0 Å². The first kappa shape index (κ1) is 21.5. The average molecular weight is 415 g/mol. The van der Waals surface area contributed by atoms with Crippen LogP contribution in [0.5, 0.6) is 11.5 Å². The van der Waals surface area contributed by atoms with Crippen LogP contribution in [0, 0.1) is 5.82 Å². The van der Waals surface area contributed by atoms with Gasteiger partial charge in [-0.15, -0.1) is 0 Å². The molecule has 1 aliphatic heterocycles. The van der Waals surface area contributed by atoms with Crippen LogP contribution in [-0.4, -0.2) is 40.1 Å². The molecule has 3 rings (SSSR count). The van der Waals surface area contributed by atoms with E-state index in [2.05, 4.69) is 10.3 Å². The van der Waals surface area contributed by atoms with Gasteiger partial charge in [-0.3, -0.25) is 14.7 Å². The van der Waals surface area contributed by atoms with Crippen LogP contribution < -0.4 is 10.1 Å². The minimum absolute atomic E-state index is 0.0740. The highest BCUT2D eigenvalue weighted by Gasteiger charge is 2.36. The molecule has 1 aliphatic rings. The number of carbonyl (C=O) groups is 2. The smallest absolute Gasteiger partial charge is 0.410 e. The normalized spacial score (nSPS) is 16.3. The molecule has 2 aromatic rings. The summed E-state index contributed by atoms with van der Waals surface area (Å²) in [6.45, 7) is 5.97. The third-order valence-electron chi connectivity index (χ3n) is 4.51. The van der Waals surface area contributed by atoms with Crippen molar-refractivity contribution in [2.45, 2.75) is 51.8 Å². The Kier molecular flexibility index (Phi) is 6.54. The van der Waals surface area contributed by atoms with Crippen molar-refractivity contribution in [3.8, 4) is 11.5 Å². The highest BCUT2D eigenvalue weighted by Crippen LogP contribution is 2.25. The van der Waals surface area contributed by atoms with E-state index in [1.54, 1.807) is 45.2 Å². The standard InChI is InChI=1S/C22H26FN3O4/c1-22(2,3)30-21(28)26-11-5-7-18(26)20(27)25-13-15-8-9-19(17(23)12-15)29-16-6-4-10-24-14-16/h4,6,8-10,12,14,18H,5,7,11,13H2,1-3H3,(H,25,27). The van der Waals surface area contributed by atoms with E-state index in [4.69, 9.17) is 9.47 Å². The fraction of sp³-hybridized carbons (Fsp3) is 0.409. The quantitative estimate of drug-likeness (QED) is 0.798. The van der Waals surface area contributed by atoms with Gasteiger partial charge in [0.2, 0.25) is 5.91 Å². The Balaban J connectivity index is 1.57. The Labute approximate surface area is 175 Å². The summed E-state index contributed by atoms with van der Waals surface area (Å²) in [5, 5.41) is 2.78. The summed E-state index contributed by atoms with van der Waals surface area (Å²) in [4.78, 5) is 30.3. The topological polar surface area (TPSA) is 80.8 Å². The van der Waals surface area contributed by atoms with Gasteiger partial charge in [0.15, 0.2) is 11.6 Å². The van der Waals surface area contributed by atoms with Crippen molar-refractivity contribution in [3.63, 3.8) is 0 Å². The summed E-state index contributed by atoms with van der Waals surface area (Å²) in [6, 6.07) is 7.28. The number of ether oxygens (including phenoxy) is 2. The van der Waals surface area contributed by atoms with E-state index in [0.717, 1.165) is 6.42 Å². The van der Waals surface area contributed by atoms with E-state index >= 15 is 0 Å². The third kappa shape index (κ3) is 5.68. The first-order valence-corrected chi connectivity index (χ1v) is 9.86. The summed E-state index contributed by atoms with van der Waals surface area (Å²) < 4.78 is 25.2. The van der Waals surface area contributed by atoms with Crippen LogP contribution in [0.25, 0.3) is 0 Å². The molecule has 1 aromatic carbocycles. The second kappa shape index (κ2) is 9.11. The fourth-order valence-corrected chi connectivity index (χ4v) is 3.16. The minimum Gasteiger partial charge on any atom is -0.453 e. The predicted octanol–water partition coefficient (Wildman–Crippen LogP) is 4.03. The van der Waals surface area contributed by atoms with E-state index in [-0.39, 0.29) is 18.2 Å². The molecule has 8 heteroatoms. The summed E-state index contributed by atoms with van der Waals surface area (Å²) >= 11 is 0. The maximum absolute atomic E-state index is 14.4. The molecule has 7 nitrogen and oxygen atoms in total. The molecule has 1 N–H and O–H groups in total. The number of amides is 2. The van der Waals surface area contributed by atoms with Gasteiger partial charge in [-0.2, -0.15) is 0 Å².